The fourth-order valence-corrected chi connectivity index (χ4v) is 2.10. The van der Waals surface area contributed by atoms with Gasteiger partial charge in [0.1, 0.15) is 0 Å². The van der Waals surface area contributed by atoms with Crippen LogP contribution in [0.3, 0.4) is 0 Å². The van der Waals surface area contributed by atoms with Crippen molar-refractivity contribution in [2.75, 3.05) is 4.90 Å². The van der Waals surface area contributed by atoms with Gasteiger partial charge in [-0.3, -0.25) is 0 Å². The van der Waals surface area contributed by atoms with E-state index < -0.39 is 0 Å². The van der Waals surface area contributed by atoms with E-state index in [1.165, 1.54) is 11.3 Å². The van der Waals surface area contributed by atoms with Gasteiger partial charge in [-0.2, -0.15) is 0 Å². The molecule has 0 heterocycles. The molecule has 1 aromatic carbocycles. The quantitative estimate of drug-likeness (QED) is 0.694. The Balaban J connectivity index is 0.00000225. The maximum atomic E-state index is 2.44. The minimum absolute atomic E-state index is 0. The third-order valence-electron chi connectivity index (χ3n) is 2.76. The standard InChI is InChI=1S/C14H23N.Li.H/c1-6-13-7-9-14(10-8-13)15(11(2)3)12(4)5;;/h7-12H,6H2,1-5H3;;. The molecule has 2 heteroatoms. The van der Waals surface area contributed by atoms with Crippen molar-refractivity contribution in [2.24, 2.45) is 0 Å². The van der Waals surface area contributed by atoms with Crippen molar-refractivity contribution in [3.8, 4) is 0 Å². The number of nitrogens with zero attached hydrogens (tertiary/aromatic N) is 1. The van der Waals surface area contributed by atoms with Crippen molar-refractivity contribution >= 4 is 24.5 Å². The van der Waals surface area contributed by atoms with Gasteiger partial charge >= 0.3 is 18.9 Å². The third kappa shape index (κ3) is 3.89. The van der Waals surface area contributed by atoms with Crippen molar-refractivity contribution in [1.82, 2.24) is 0 Å². The summed E-state index contributed by atoms with van der Waals surface area (Å²) >= 11 is 0. The fraction of sp³-hybridized carbons (Fsp3) is 0.571. The van der Waals surface area contributed by atoms with Crippen LogP contribution in [0.15, 0.2) is 24.3 Å². The second kappa shape index (κ2) is 7.04. The molecule has 0 saturated heterocycles. The van der Waals surface area contributed by atoms with E-state index in [-0.39, 0.29) is 18.9 Å². The number of hydrogen-bond donors (Lipinski definition) is 0. The van der Waals surface area contributed by atoms with Gasteiger partial charge in [0.2, 0.25) is 0 Å². The number of anilines is 1. The van der Waals surface area contributed by atoms with E-state index in [1.807, 2.05) is 0 Å². The van der Waals surface area contributed by atoms with Crippen LogP contribution < -0.4 is 4.90 Å². The molecule has 1 nitrogen and oxygen atoms in total. The van der Waals surface area contributed by atoms with Crippen LogP contribution in [-0.2, 0) is 6.42 Å². The first-order valence-electron chi connectivity index (χ1n) is 5.93. The molecule has 0 bridgehead atoms. The van der Waals surface area contributed by atoms with Gasteiger partial charge in [0, 0.05) is 17.8 Å². The molecule has 0 N–H and O–H groups in total. The predicted octanol–water partition coefficient (Wildman–Crippen LogP) is 3.22. The average Bonchev–Trinajstić information content (AvgIpc) is 2.18. The molecule has 0 saturated carbocycles. The first-order chi connectivity index (χ1) is 7.06. The van der Waals surface area contributed by atoms with Gasteiger partial charge < -0.3 is 4.90 Å². The van der Waals surface area contributed by atoms with Crippen LogP contribution >= 0.6 is 0 Å². The van der Waals surface area contributed by atoms with E-state index in [2.05, 4.69) is 63.8 Å². The molecular weight excluding hydrogens is 189 g/mol. The van der Waals surface area contributed by atoms with Crippen LogP contribution in [-0.4, -0.2) is 30.9 Å². The summed E-state index contributed by atoms with van der Waals surface area (Å²) in [6.45, 7) is 11.2. The monoisotopic (exact) mass is 213 g/mol. The zero-order valence-electron chi connectivity index (χ0n) is 10.6. The van der Waals surface area contributed by atoms with Crippen molar-refractivity contribution in [3.05, 3.63) is 29.8 Å². The Morgan fingerprint density at radius 3 is 1.69 bits per heavy atom. The molecular formula is C14H24LiN. The van der Waals surface area contributed by atoms with E-state index in [4.69, 9.17) is 0 Å². The normalized spacial score (nSPS) is 10.4. The van der Waals surface area contributed by atoms with Crippen LogP contribution in [0, 0.1) is 0 Å². The first kappa shape index (κ1) is 15.6. The maximum absolute atomic E-state index is 2.44. The Bertz CT molecular complexity index is 282. The zero-order chi connectivity index (χ0) is 11.4. The summed E-state index contributed by atoms with van der Waals surface area (Å²) in [6, 6.07) is 10.0. The fourth-order valence-electron chi connectivity index (χ4n) is 2.10. The summed E-state index contributed by atoms with van der Waals surface area (Å²) < 4.78 is 0. The molecule has 0 spiro atoms. The molecule has 0 aromatic heterocycles. The van der Waals surface area contributed by atoms with Gasteiger partial charge in [0.25, 0.3) is 0 Å². The summed E-state index contributed by atoms with van der Waals surface area (Å²) in [5.74, 6) is 0. The van der Waals surface area contributed by atoms with Gasteiger partial charge in [-0.25, -0.2) is 0 Å². The van der Waals surface area contributed by atoms with Gasteiger partial charge in [-0.15, -0.1) is 0 Å². The van der Waals surface area contributed by atoms with Gasteiger partial charge in [0.05, 0.1) is 0 Å². The van der Waals surface area contributed by atoms with Crippen molar-refractivity contribution in [2.45, 2.75) is 53.1 Å². The average molecular weight is 213 g/mol. The Hall–Kier alpha value is -0.383. The summed E-state index contributed by atoms with van der Waals surface area (Å²) in [7, 11) is 0. The molecule has 0 aliphatic rings. The first-order valence-corrected chi connectivity index (χ1v) is 5.93. The van der Waals surface area contributed by atoms with E-state index in [9.17, 15) is 0 Å². The number of aryl methyl sites for hydroxylation is 1. The molecule has 0 atom stereocenters. The van der Waals surface area contributed by atoms with Gasteiger partial charge in [-0.05, 0) is 51.8 Å². The molecule has 0 unspecified atom stereocenters. The Kier molecular flexibility index (Phi) is 6.87. The molecule has 0 aliphatic carbocycles. The van der Waals surface area contributed by atoms with Crippen molar-refractivity contribution in [3.63, 3.8) is 0 Å². The van der Waals surface area contributed by atoms with Crippen molar-refractivity contribution < 1.29 is 0 Å². The molecule has 1 rings (SSSR count). The molecule has 16 heavy (non-hydrogen) atoms. The minimum atomic E-state index is 0. The molecule has 86 valence electrons. The van der Waals surface area contributed by atoms with E-state index in [0.717, 1.165) is 6.42 Å². The Morgan fingerprint density at radius 2 is 1.38 bits per heavy atom. The van der Waals surface area contributed by atoms with E-state index in [1.54, 1.807) is 0 Å². The Labute approximate surface area is 112 Å². The zero-order valence-corrected chi connectivity index (χ0v) is 10.6. The van der Waals surface area contributed by atoms with Crippen molar-refractivity contribution in [1.29, 1.82) is 0 Å². The molecule has 0 amide bonds. The van der Waals surface area contributed by atoms with E-state index in [0.29, 0.717) is 12.1 Å². The molecule has 0 fully saturated rings. The summed E-state index contributed by atoms with van der Waals surface area (Å²) in [6.07, 6.45) is 1.11. The van der Waals surface area contributed by atoms with Crippen LogP contribution in [0.5, 0.6) is 0 Å². The topological polar surface area (TPSA) is 3.24 Å². The predicted molar refractivity (Wildman–Crippen MR) is 75.7 cm³/mol. The third-order valence-corrected chi connectivity index (χ3v) is 2.76. The second-order valence-electron chi connectivity index (χ2n) is 4.61. The van der Waals surface area contributed by atoms with Crippen LogP contribution in [0.1, 0.15) is 40.2 Å². The second-order valence-corrected chi connectivity index (χ2v) is 4.61. The summed E-state index contributed by atoms with van der Waals surface area (Å²) in [4.78, 5) is 2.44. The Morgan fingerprint density at radius 1 is 0.938 bits per heavy atom. The molecule has 0 aliphatic heterocycles. The summed E-state index contributed by atoms with van der Waals surface area (Å²) in [5.41, 5.74) is 2.74. The van der Waals surface area contributed by atoms with Crippen LogP contribution in [0.2, 0.25) is 0 Å². The number of hydrogen-bond acceptors (Lipinski definition) is 1. The summed E-state index contributed by atoms with van der Waals surface area (Å²) in [5, 5.41) is 0. The number of benzene rings is 1. The SMILES string of the molecule is CCc1ccc(N(C(C)C)C(C)C)cc1.[LiH]. The van der Waals surface area contributed by atoms with Gasteiger partial charge in [0.15, 0.2) is 0 Å². The van der Waals surface area contributed by atoms with Gasteiger partial charge in [-0.1, -0.05) is 19.1 Å². The van der Waals surface area contributed by atoms with E-state index >= 15 is 0 Å². The molecule has 1 aromatic rings. The molecule has 0 radical (unpaired) electrons. The van der Waals surface area contributed by atoms with Crippen LogP contribution in [0.4, 0.5) is 5.69 Å². The number of rotatable bonds is 4. The van der Waals surface area contributed by atoms with Crippen LogP contribution in [0.25, 0.3) is 0 Å².